The smallest absolute Gasteiger partial charge is 0.324 e. The molecule has 2 atom stereocenters. The second-order valence-corrected chi connectivity index (χ2v) is 4.82. The summed E-state index contributed by atoms with van der Waals surface area (Å²) in [6.45, 7) is 4.16. The van der Waals surface area contributed by atoms with Crippen molar-refractivity contribution in [1.82, 2.24) is 0 Å². The van der Waals surface area contributed by atoms with Gasteiger partial charge in [-0.3, -0.25) is 4.57 Å². The average Bonchev–Trinajstić information content (AvgIpc) is 1.98. The van der Waals surface area contributed by atoms with Crippen molar-refractivity contribution in [2.75, 3.05) is 12.8 Å². The first-order valence-corrected chi connectivity index (χ1v) is 6.35. The molecule has 0 spiro atoms. The second kappa shape index (κ2) is 9.15. The van der Waals surface area contributed by atoms with E-state index in [1.807, 2.05) is 0 Å². The molecule has 1 N–H and O–H groups in total. The van der Waals surface area contributed by atoms with Crippen LogP contribution in [-0.2, 0) is 9.09 Å². The Balaban J connectivity index is 0. The lowest BCUT2D eigenvalue weighted by atomic mass is 10.2. The highest BCUT2D eigenvalue weighted by molar-refractivity contribution is 7.52. The van der Waals surface area contributed by atoms with Crippen LogP contribution in [0.1, 0.15) is 39.5 Å². The Morgan fingerprint density at radius 1 is 1.23 bits per heavy atom. The molecule has 0 saturated carbocycles. The van der Waals surface area contributed by atoms with Crippen LogP contribution in [0.15, 0.2) is 0 Å². The Bertz CT molecular complexity index is 150. The van der Waals surface area contributed by atoms with E-state index in [1.165, 1.54) is 0 Å². The molecule has 0 heterocycles. The van der Waals surface area contributed by atoms with E-state index in [1.54, 1.807) is 6.92 Å². The van der Waals surface area contributed by atoms with Gasteiger partial charge >= 0.3 is 7.60 Å². The van der Waals surface area contributed by atoms with Gasteiger partial charge in [0.15, 0.2) is 0 Å². The first-order valence-electron chi connectivity index (χ1n) is 4.58. The van der Waals surface area contributed by atoms with E-state index in [4.69, 9.17) is 9.42 Å². The minimum atomic E-state index is -3.23. The highest BCUT2D eigenvalue weighted by Crippen LogP contribution is 2.42. The molecule has 0 radical (unpaired) electrons. The molecule has 5 heteroatoms. The van der Waals surface area contributed by atoms with Crippen molar-refractivity contribution in [3.63, 3.8) is 0 Å². The van der Waals surface area contributed by atoms with Crippen molar-refractivity contribution in [3.05, 3.63) is 0 Å². The van der Waals surface area contributed by atoms with E-state index in [-0.39, 0.29) is 9.90 Å². The minimum Gasteiger partial charge on any atom is -0.324 e. The standard InChI is InChI=1S/C8H19O3P.H3P/c1-3-5-6-7-8-12(9,10)11-4-2;/h3-8H2,1-2H3,(H,9,10);1H3. The van der Waals surface area contributed by atoms with Gasteiger partial charge in [-0.2, -0.15) is 9.90 Å². The van der Waals surface area contributed by atoms with E-state index in [9.17, 15) is 4.57 Å². The van der Waals surface area contributed by atoms with Gasteiger partial charge in [0.1, 0.15) is 0 Å². The molecular formula is C8H22O3P2. The quantitative estimate of drug-likeness (QED) is 0.538. The molecule has 0 aliphatic carbocycles. The molecule has 0 aliphatic heterocycles. The van der Waals surface area contributed by atoms with E-state index in [2.05, 4.69) is 6.92 Å². The van der Waals surface area contributed by atoms with Gasteiger partial charge in [0.25, 0.3) is 0 Å². The van der Waals surface area contributed by atoms with Crippen molar-refractivity contribution in [3.8, 4) is 0 Å². The van der Waals surface area contributed by atoms with Crippen LogP contribution in [0.2, 0.25) is 0 Å². The lowest BCUT2D eigenvalue weighted by Crippen LogP contribution is -1.94. The summed E-state index contributed by atoms with van der Waals surface area (Å²) in [4.78, 5) is 9.15. The number of hydrogen-bond donors (Lipinski definition) is 1. The molecule has 13 heavy (non-hydrogen) atoms. The summed E-state index contributed by atoms with van der Waals surface area (Å²) in [5, 5.41) is 0. The summed E-state index contributed by atoms with van der Waals surface area (Å²) < 4.78 is 15.8. The van der Waals surface area contributed by atoms with E-state index in [0.29, 0.717) is 12.8 Å². The Kier molecular flexibility index (Phi) is 11.3. The molecule has 0 aromatic carbocycles. The number of rotatable bonds is 7. The topological polar surface area (TPSA) is 46.5 Å². The van der Waals surface area contributed by atoms with Crippen LogP contribution >= 0.6 is 17.5 Å². The van der Waals surface area contributed by atoms with Crippen LogP contribution in [0.3, 0.4) is 0 Å². The molecule has 0 fully saturated rings. The van der Waals surface area contributed by atoms with Gasteiger partial charge in [0.2, 0.25) is 0 Å². The van der Waals surface area contributed by atoms with Gasteiger partial charge in [-0.25, -0.2) is 0 Å². The van der Waals surface area contributed by atoms with Crippen LogP contribution in [0.5, 0.6) is 0 Å². The predicted octanol–water partition coefficient (Wildman–Crippen LogP) is 2.85. The van der Waals surface area contributed by atoms with Gasteiger partial charge in [0.05, 0.1) is 6.61 Å². The number of hydrogen-bond acceptors (Lipinski definition) is 2. The van der Waals surface area contributed by atoms with Crippen LogP contribution in [-0.4, -0.2) is 17.7 Å². The maximum absolute atomic E-state index is 11.1. The van der Waals surface area contributed by atoms with E-state index in [0.717, 1.165) is 25.7 Å². The molecule has 0 rings (SSSR count). The monoisotopic (exact) mass is 228 g/mol. The summed E-state index contributed by atoms with van der Waals surface area (Å²) in [6.07, 6.45) is 4.40. The van der Waals surface area contributed by atoms with Gasteiger partial charge in [-0.1, -0.05) is 26.2 Å². The zero-order chi connectivity index (χ0) is 9.45. The fraction of sp³-hybridized carbons (Fsp3) is 1.00. The lowest BCUT2D eigenvalue weighted by Gasteiger charge is -2.09. The van der Waals surface area contributed by atoms with E-state index < -0.39 is 7.60 Å². The van der Waals surface area contributed by atoms with Crippen molar-refractivity contribution >= 4 is 17.5 Å². The Morgan fingerprint density at radius 3 is 2.31 bits per heavy atom. The number of unbranched alkanes of at least 4 members (excludes halogenated alkanes) is 3. The summed E-state index contributed by atoms with van der Waals surface area (Å²) in [7, 11) is -3.23. The third-order valence-electron chi connectivity index (χ3n) is 1.63. The van der Waals surface area contributed by atoms with Crippen LogP contribution in [0.25, 0.3) is 0 Å². The molecule has 0 aliphatic rings. The van der Waals surface area contributed by atoms with Gasteiger partial charge in [0, 0.05) is 6.16 Å². The maximum atomic E-state index is 11.1. The fourth-order valence-electron chi connectivity index (χ4n) is 1.00. The van der Waals surface area contributed by atoms with Gasteiger partial charge in [-0.15, -0.1) is 0 Å². The second-order valence-electron chi connectivity index (χ2n) is 2.84. The molecular weight excluding hydrogens is 206 g/mol. The molecule has 0 saturated heterocycles. The largest absolute Gasteiger partial charge is 0.328 e. The molecule has 0 bridgehead atoms. The lowest BCUT2D eigenvalue weighted by molar-refractivity contribution is 0.273. The zero-order valence-electron chi connectivity index (χ0n) is 8.66. The average molecular weight is 228 g/mol. The van der Waals surface area contributed by atoms with Crippen LogP contribution in [0.4, 0.5) is 0 Å². The Morgan fingerprint density at radius 2 is 1.85 bits per heavy atom. The Hall–Kier alpha value is 0.580. The highest BCUT2D eigenvalue weighted by atomic mass is 31.2. The predicted molar refractivity (Wildman–Crippen MR) is 61.6 cm³/mol. The molecule has 82 valence electrons. The molecule has 3 nitrogen and oxygen atoms in total. The Labute approximate surface area is 84.4 Å². The summed E-state index contributed by atoms with van der Waals surface area (Å²) in [6, 6.07) is 0. The summed E-state index contributed by atoms with van der Waals surface area (Å²) >= 11 is 0. The first kappa shape index (κ1) is 16.0. The molecule has 0 aromatic heterocycles. The SMILES string of the molecule is CCCCCCP(=O)(O)OCC.P. The maximum Gasteiger partial charge on any atom is 0.328 e. The third kappa shape index (κ3) is 10.5. The fourth-order valence-corrected chi connectivity index (χ4v) is 2.16. The van der Waals surface area contributed by atoms with Gasteiger partial charge < -0.3 is 9.42 Å². The van der Waals surface area contributed by atoms with Crippen LogP contribution < -0.4 is 0 Å². The molecule has 0 amide bonds. The normalized spacial score (nSPS) is 14.7. The third-order valence-corrected chi connectivity index (χ3v) is 3.17. The van der Waals surface area contributed by atoms with Crippen molar-refractivity contribution in [2.45, 2.75) is 39.5 Å². The minimum absolute atomic E-state index is 0. The van der Waals surface area contributed by atoms with Crippen molar-refractivity contribution in [1.29, 1.82) is 0 Å². The molecule has 0 aromatic rings. The zero-order valence-corrected chi connectivity index (χ0v) is 11.0. The highest BCUT2D eigenvalue weighted by Gasteiger charge is 2.16. The van der Waals surface area contributed by atoms with E-state index >= 15 is 0 Å². The van der Waals surface area contributed by atoms with Crippen molar-refractivity contribution in [2.24, 2.45) is 0 Å². The molecule has 2 unspecified atom stereocenters. The summed E-state index contributed by atoms with van der Waals surface area (Å²) in [5.41, 5.74) is 0. The summed E-state index contributed by atoms with van der Waals surface area (Å²) in [5.74, 6) is 0. The van der Waals surface area contributed by atoms with Gasteiger partial charge in [-0.05, 0) is 13.3 Å². The van der Waals surface area contributed by atoms with Crippen LogP contribution in [0, 0.1) is 0 Å². The first-order chi connectivity index (χ1) is 5.62. The van der Waals surface area contributed by atoms with Crippen molar-refractivity contribution < 1.29 is 14.0 Å².